The van der Waals surface area contributed by atoms with Crippen molar-refractivity contribution in [1.29, 1.82) is 0 Å². The lowest BCUT2D eigenvalue weighted by molar-refractivity contribution is -0.0495. The molecule has 110 valence electrons. The van der Waals surface area contributed by atoms with Gasteiger partial charge in [0, 0.05) is 25.5 Å². The van der Waals surface area contributed by atoms with Crippen LogP contribution in [0, 0.1) is 29.6 Å². The summed E-state index contributed by atoms with van der Waals surface area (Å²) in [5.41, 5.74) is 0. The molecule has 0 saturated heterocycles. The van der Waals surface area contributed by atoms with Gasteiger partial charge >= 0.3 is 0 Å². The number of hydrogen-bond acceptors (Lipinski definition) is 2. The molecule has 4 aliphatic rings. The molecule has 1 N–H and O–H groups in total. The van der Waals surface area contributed by atoms with Gasteiger partial charge in [0.25, 0.3) is 0 Å². The quantitative estimate of drug-likeness (QED) is 0.914. The molecule has 20 heavy (non-hydrogen) atoms. The summed E-state index contributed by atoms with van der Waals surface area (Å²) in [7, 11) is 2.08. The maximum atomic E-state index is 4.42. The van der Waals surface area contributed by atoms with Crippen LogP contribution in [0.25, 0.3) is 0 Å². The molecule has 4 aliphatic carbocycles. The van der Waals surface area contributed by atoms with E-state index in [-0.39, 0.29) is 0 Å². The summed E-state index contributed by atoms with van der Waals surface area (Å²) in [4.78, 5) is 4.42. The number of rotatable bonds is 4. The molecule has 1 aromatic rings. The van der Waals surface area contributed by atoms with E-state index in [1.165, 1.54) is 25.7 Å². The van der Waals surface area contributed by atoms with Crippen molar-refractivity contribution in [1.82, 2.24) is 14.9 Å². The molecule has 1 aromatic heterocycles. The fourth-order valence-corrected chi connectivity index (χ4v) is 5.74. The van der Waals surface area contributed by atoms with Gasteiger partial charge in [0.1, 0.15) is 5.82 Å². The Kier molecular flexibility index (Phi) is 3.13. The zero-order valence-electron chi connectivity index (χ0n) is 12.8. The van der Waals surface area contributed by atoms with Gasteiger partial charge in [0.15, 0.2) is 0 Å². The van der Waals surface area contributed by atoms with Crippen molar-refractivity contribution in [3.63, 3.8) is 0 Å². The van der Waals surface area contributed by atoms with Crippen LogP contribution in [0.5, 0.6) is 0 Å². The predicted molar refractivity (Wildman–Crippen MR) is 80.0 cm³/mol. The molecular weight excluding hydrogens is 246 g/mol. The Morgan fingerprint density at radius 3 is 2.40 bits per heavy atom. The highest BCUT2D eigenvalue weighted by Crippen LogP contribution is 2.57. The van der Waals surface area contributed by atoms with Crippen molar-refractivity contribution in [2.45, 2.75) is 51.6 Å². The maximum absolute atomic E-state index is 4.42. The van der Waals surface area contributed by atoms with E-state index in [1.54, 1.807) is 6.42 Å². The third-order valence-corrected chi connectivity index (χ3v) is 6.38. The lowest BCUT2D eigenvalue weighted by Gasteiger charge is -2.56. The highest BCUT2D eigenvalue weighted by atomic mass is 15.1. The zero-order valence-corrected chi connectivity index (χ0v) is 12.8. The second kappa shape index (κ2) is 4.87. The maximum Gasteiger partial charge on any atom is 0.122 e. The normalized spacial score (nSPS) is 40.2. The van der Waals surface area contributed by atoms with E-state index in [1.807, 2.05) is 12.4 Å². The number of hydrogen-bond donors (Lipinski definition) is 1. The van der Waals surface area contributed by atoms with Crippen LogP contribution in [0.4, 0.5) is 0 Å². The summed E-state index contributed by atoms with van der Waals surface area (Å²) in [6, 6.07) is 0.640. The van der Waals surface area contributed by atoms with Crippen LogP contribution in [-0.4, -0.2) is 15.6 Å². The molecular formula is C17H27N3. The van der Waals surface area contributed by atoms with Gasteiger partial charge in [-0.15, -0.1) is 0 Å². The standard InChI is InChI=1S/C17H27N3/c1-11(19-10-16-18-3-4-20(16)2)17-14-6-12-5-13(8-14)9-15(17)7-12/h3-4,11-15,17,19H,5-10H2,1-2H3. The number of imidazole rings is 1. The van der Waals surface area contributed by atoms with Crippen LogP contribution in [0.15, 0.2) is 12.4 Å². The summed E-state index contributed by atoms with van der Waals surface area (Å²) in [5, 5.41) is 3.77. The van der Waals surface area contributed by atoms with Gasteiger partial charge in [-0.25, -0.2) is 4.98 Å². The first-order chi connectivity index (χ1) is 9.70. The molecule has 1 atom stereocenters. The lowest BCUT2D eigenvalue weighted by Crippen LogP contribution is -2.52. The Balaban J connectivity index is 1.41. The Hall–Kier alpha value is -0.830. The second-order valence-corrected chi connectivity index (χ2v) is 7.63. The van der Waals surface area contributed by atoms with Crippen LogP contribution in [0.2, 0.25) is 0 Å². The fourth-order valence-electron chi connectivity index (χ4n) is 5.74. The van der Waals surface area contributed by atoms with Gasteiger partial charge < -0.3 is 9.88 Å². The highest BCUT2D eigenvalue weighted by molar-refractivity contribution is 5.01. The Morgan fingerprint density at radius 2 is 1.85 bits per heavy atom. The number of aromatic nitrogens is 2. The molecule has 1 heterocycles. The van der Waals surface area contributed by atoms with Crippen LogP contribution >= 0.6 is 0 Å². The van der Waals surface area contributed by atoms with E-state index in [4.69, 9.17) is 0 Å². The molecule has 5 rings (SSSR count). The molecule has 0 radical (unpaired) electrons. The summed E-state index contributed by atoms with van der Waals surface area (Å²) in [6.45, 7) is 3.32. The number of aryl methyl sites for hydroxylation is 1. The minimum Gasteiger partial charge on any atom is -0.337 e. The van der Waals surface area contributed by atoms with Gasteiger partial charge in [0.05, 0.1) is 6.54 Å². The molecule has 3 nitrogen and oxygen atoms in total. The van der Waals surface area contributed by atoms with Crippen molar-refractivity contribution >= 4 is 0 Å². The second-order valence-electron chi connectivity index (χ2n) is 7.63. The lowest BCUT2D eigenvalue weighted by atomic mass is 9.50. The first kappa shape index (κ1) is 12.9. The van der Waals surface area contributed by atoms with Crippen LogP contribution in [-0.2, 0) is 13.6 Å². The third kappa shape index (κ3) is 2.11. The van der Waals surface area contributed by atoms with Crippen LogP contribution in [0.3, 0.4) is 0 Å². The summed E-state index contributed by atoms with van der Waals surface area (Å²) in [6.07, 6.45) is 11.6. The van der Waals surface area contributed by atoms with E-state index < -0.39 is 0 Å². The smallest absolute Gasteiger partial charge is 0.122 e. The topological polar surface area (TPSA) is 29.9 Å². The molecule has 0 aromatic carbocycles. The molecule has 0 amide bonds. The molecule has 0 aliphatic heterocycles. The average molecular weight is 273 g/mol. The molecule has 3 heteroatoms. The molecule has 4 fully saturated rings. The first-order valence-corrected chi connectivity index (χ1v) is 8.40. The van der Waals surface area contributed by atoms with Crippen LogP contribution < -0.4 is 5.32 Å². The number of nitrogens with zero attached hydrogens (tertiary/aromatic N) is 2. The highest BCUT2D eigenvalue weighted by Gasteiger charge is 2.49. The Labute approximate surface area is 122 Å². The molecule has 1 unspecified atom stereocenters. The largest absolute Gasteiger partial charge is 0.337 e. The van der Waals surface area contributed by atoms with Crippen molar-refractivity contribution in [2.24, 2.45) is 36.6 Å². The van der Waals surface area contributed by atoms with Gasteiger partial charge in [-0.1, -0.05) is 0 Å². The molecule has 4 saturated carbocycles. The van der Waals surface area contributed by atoms with E-state index >= 15 is 0 Å². The monoisotopic (exact) mass is 273 g/mol. The first-order valence-electron chi connectivity index (χ1n) is 8.40. The van der Waals surface area contributed by atoms with Crippen molar-refractivity contribution in [3.8, 4) is 0 Å². The summed E-state index contributed by atoms with van der Waals surface area (Å²) in [5.74, 6) is 6.25. The van der Waals surface area contributed by atoms with E-state index in [0.717, 1.165) is 42.0 Å². The van der Waals surface area contributed by atoms with Gasteiger partial charge in [-0.05, 0) is 68.6 Å². The van der Waals surface area contributed by atoms with Crippen molar-refractivity contribution in [2.75, 3.05) is 0 Å². The zero-order chi connectivity index (χ0) is 13.7. The molecule has 4 bridgehead atoms. The minimum atomic E-state index is 0.640. The van der Waals surface area contributed by atoms with E-state index in [0.29, 0.717) is 6.04 Å². The van der Waals surface area contributed by atoms with Crippen LogP contribution in [0.1, 0.15) is 44.9 Å². The van der Waals surface area contributed by atoms with Gasteiger partial charge in [0.2, 0.25) is 0 Å². The SMILES string of the molecule is CC(NCc1nccn1C)C1C2CC3CC(C2)CC1C3. The fraction of sp³-hybridized carbons (Fsp3) is 0.824. The minimum absolute atomic E-state index is 0.640. The summed E-state index contributed by atoms with van der Waals surface area (Å²) >= 11 is 0. The predicted octanol–water partition coefficient (Wildman–Crippen LogP) is 2.97. The Morgan fingerprint density at radius 1 is 1.20 bits per heavy atom. The summed E-state index contributed by atoms with van der Waals surface area (Å²) < 4.78 is 2.12. The van der Waals surface area contributed by atoms with Crippen molar-refractivity contribution < 1.29 is 0 Å². The Bertz CT molecular complexity index is 450. The van der Waals surface area contributed by atoms with Gasteiger partial charge in [-0.2, -0.15) is 0 Å². The average Bonchev–Trinajstić information content (AvgIpc) is 2.80. The van der Waals surface area contributed by atoms with Gasteiger partial charge in [-0.3, -0.25) is 0 Å². The van der Waals surface area contributed by atoms with E-state index in [9.17, 15) is 0 Å². The third-order valence-electron chi connectivity index (χ3n) is 6.38. The van der Waals surface area contributed by atoms with Crippen molar-refractivity contribution in [3.05, 3.63) is 18.2 Å². The molecule has 0 spiro atoms. The van der Waals surface area contributed by atoms with E-state index in [2.05, 4.69) is 28.8 Å². The number of nitrogens with one attached hydrogen (secondary N) is 1.